The van der Waals surface area contributed by atoms with Gasteiger partial charge in [0.25, 0.3) is 0 Å². The van der Waals surface area contributed by atoms with Gasteiger partial charge in [-0.3, -0.25) is 38.4 Å². The van der Waals surface area contributed by atoms with Crippen LogP contribution in [0.5, 0.6) is 0 Å². The molecule has 36 heteroatoms. The third-order valence-corrected chi connectivity index (χ3v) is 15.0. The van der Waals surface area contributed by atoms with Crippen LogP contribution in [0.1, 0.15) is 48.4 Å². The fraction of sp³-hybridized carbons (Fsp3) is 0.463. The number of aliphatic carboxylic acids is 4. The normalized spacial score (nSPS) is 13.6. The lowest BCUT2D eigenvalue weighted by molar-refractivity contribution is -0.141. The molecule has 11 N–H and O–H groups in total. The number of rotatable bonds is 32. The summed E-state index contributed by atoms with van der Waals surface area (Å²) >= 11 is 1.44. The van der Waals surface area contributed by atoms with Crippen LogP contribution in [0.3, 0.4) is 0 Å². The highest BCUT2D eigenvalue weighted by Crippen LogP contribution is 2.28. The molecule has 4 aromatic rings. The molecule has 3 heterocycles. The fourth-order valence-electron chi connectivity index (χ4n) is 6.37. The molecule has 0 radical (unpaired) electrons. The average molecular weight is 1140 g/mol. The standard InChI is InChI=1S/C41H53N15O18S3/c1-21-4-7-23(8-5-21)77(72,73)20-32(56-40(70)53(2)49-50-56)76-19-27(37(65)45-17-34(61)62)48-30(58)13-10-25(39(68)69)46-28-11-6-22(15-43-28)54-41(71)55(52-51-54)31(14-35(63)74-3)75-18-26(36(64)44-16-33(59)60)47-29(57)12-9-24(42)38(66)67/h4-8,11,15,24-27,31-32H,9-10,12-14,16-20,42H2,1-3H3,(H,43,46)(H,44,64)(H,45,65)(H,47,57)(H,48,58)(H,59,60)(H,61,62)(H,66,67)(H,68,69)/t24-,25-,26-,27-,31?,32?/m0/s1. The second kappa shape index (κ2) is 28.6. The number of carbonyl (C=O) groups is 9. The van der Waals surface area contributed by atoms with Gasteiger partial charge in [0.05, 0.1) is 36.1 Å². The smallest absolute Gasteiger partial charge is 0.369 e. The fourth-order valence-corrected chi connectivity index (χ4v) is 10.7. The molecule has 0 aliphatic heterocycles. The molecule has 6 atom stereocenters. The van der Waals surface area contributed by atoms with Gasteiger partial charge in [0.1, 0.15) is 53.8 Å². The third-order valence-electron chi connectivity index (χ3n) is 10.5. The van der Waals surface area contributed by atoms with E-state index < -0.39 is 166 Å². The van der Waals surface area contributed by atoms with Gasteiger partial charge in [-0.25, -0.2) is 27.8 Å². The van der Waals surface area contributed by atoms with Gasteiger partial charge in [0.2, 0.25) is 23.6 Å². The van der Waals surface area contributed by atoms with Gasteiger partial charge in [-0.05, 0) is 64.9 Å². The van der Waals surface area contributed by atoms with Crippen molar-refractivity contribution in [1.82, 2.24) is 65.8 Å². The van der Waals surface area contributed by atoms with E-state index >= 15 is 0 Å². The Labute approximate surface area is 442 Å². The van der Waals surface area contributed by atoms with Gasteiger partial charge in [-0.2, -0.15) is 18.7 Å². The SMILES string of the molecule is COC(=O)CC(SC[C@H](NC(=O)CC[C@H](N)C(=O)O)C(=O)NCC(=O)O)n1nnn(-c2ccc(N[C@@H](CCC(=O)N[C@@H](CSC(CS(=O)(=O)c3ccc(C)cc3)n3nnn(C)c3=O)C(=O)NCC(=O)O)C(=O)O)nc2)c1=O. The topological polar surface area (TPSA) is 482 Å². The van der Waals surface area contributed by atoms with Crippen molar-refractivity contribution in [2.24, 2.45) is 12.8 Å². The highest BCUT2D eigenvalue weighted by atomic mass is 32.2. The number of ether oxygens (including phenoxy) is 1. The summed E-state index contributed by atoms with van der Waals surface area (Å²) < 4.78 is 34.8. The van der Waals surface area contributed by atoms with E-state index in [4.69, 9.17) is 20.7 Å². The number of benzene rings is 1. The van der Waals surface area contributed by atoms with Crippen molar-refractivity contribution in [3.05, 3.63) is 69.1 Å². The number of anilines is 1. The number of amides is 4. The van der Waals surface area contributed by atoms with E-state index in [1.165, 1.54) is 31.3 Å². The second-order valence-corrected chi connectivity index (χ2v) is 20.8. The quantitative estimate of drug-likeness (QED) is 0.0207. The van der Waals surface area contributed by atoms with Crippen LogP contribution < -0.4 is 43.7 Å². The summed E-state index contributed by atoms with van der Waals surface area (Å²) in [6, 6.07) is 2.41. The van der Waals surface area contributed by atoms with Gasteiger partial charge in [-0.1, -0.05) is 17.7 Å². The zero-order chi connectivity index (χ0) is 57.1. The van der Waals surface area contributed by atoms with Crippen molar-refractivity contribution >= 4 is 92.7 Å². The zero-order valence-corrected chi connectivity index (χ0v) is 43.4. The lowest BCUT2D eigenvalue weighted by Gasteiger charge is -2.22. The Balaban J connectivity index is 1.47. The van der Waals surface area contributed by atoms with Gasteiger partial charge in [-0.15, -0.1) is 23.5 Å². The van der Waals surface area contributed by atoms with Crippen molar-refractivity contribution in [2.75, 3.05) is 42.8 Å². The van der Waals surface area contributed by atoms with Crippen molar-refractivity contribution in [3.8, 4) is 5.69 Å². The predicted molar refractivity (Wildman–Crippen MR) is 266 cm³/mol. The number of carbonyl (C=O) groups excluding carboxylic acids is 5. The molecule has 0 saturated carbocycles. The first-order valence-electron chi connectivity index (χ1n) is 22.4. The van der Waals surface area contributed by atoms with E-state index in [0.29, 0.717) is 11.8 Å². The van der Waals surface area contributed by atoms with Crippen molar-refractivity contribution < 1.29 is 76.7 Å². The molecule has 4 amide bonds. The molecule has 0 spiro atoms. The molecule has 418 valence electrons. The number of aromatic nitrogens is 9. The minimum absolute atomic E-state index is 0.0399. The number of nitrogens with one attached hydrogen (secondary N) is 5. The molecule has 1 aromatic carbocycles. The van der Waals surface area contributed by atoms with Crippen molar-refractivity contribution in [1.29, 1.82) is 0 Å². The number of esters is 1. The summed E-state index contributed by atoms with van der Waals surface area (Å²) in [5.41, 5.74) is 4.40. The number of nitrogens with two attached hydrogens (primary N) is 1. The number of tetrazole rings is 2. The van der Waals surface area contributed by atoms with Crippen molar-refractivity contribution in [2.45, 2.75) is 78.8 Å². The van der Waals surface area contributed by atoms with Crippen LogP contribution in [0, 0.1) is 6.92 Å². The number of hydrogen-bond acceptors (Lipinski definition) is 23. The summed E-state index contributed by atoms with van der Waals surface area (Å²) in [7, 11) is -1.79. The number of hydrogen-bond donors (Lipinski definition) is 10. The van der Waals surface area contributed by atoms with E-state index in [9.17, 15) is 71.4 Å². The van der Waals surface area contributed by atoms with Crippen LogP contribution in [0.4, 0.5) is 5.82 Å². The summed E-state index contributed by atoms with van der Waals surface area (Å²) in [6.45, 7) is 0.0347. The Kier molecular flexibility index (Phi) is 22.8. The number of carboxylic acid groups (broad SMARTS) is 4. The van der Waals surface area contributed by atoms with Crippen LogP contribution in [0.25, 0.3) is 5.69 Å². The van der Waals surface area contributed by atoms with Crippen molar-refractivity contribution in [3.63, 3.8) is 0 Å². The first kappa shape index (κ1) is 61.3. The molecular weight excluding hydrogens is 1090 g/mol. The van der Waals surface area contributed by atoms with Gasteiger partial charge < -0.3 is 57.5 Å². The lowest BCUT2D eigenvalue weighted by atomic mass is 10.1. The first-order valence-corrected chi connectivity index (χ1v) is 26.2. The van der Waals surface area contributed by atoms with Crippen LogP contribution in [0.2, 0.25) is 0 Å². The zero-order valence-electron chi connectivity index (χ0n) is 40.9. The minimum atomic E-state index is -4.11. The molecule has 0 aliphatic carbocycles. The highest BCUT2D eigenvalue weighted by Gasteiger charge is 2.32. The average Bonchev–Trinajstić information content (AvgIpc) is 3.94. The number of pyridine rings is 1. The number of thioether (sulfide) groups is 2. The van der Waals surface area contributed by atoms with Crippen LogP contribution in [-0.2, 0) is 64.8 Å². The van der Waals surface area contributed by atoms with E-state index in [-0.39, 0.29) is 22.8 Å². The number of aryl methyl sites for hydroxylation is 2. The molecule has 0 fully saturated rings. The summed E-state index contributed by atoms with van der Waals surface area (Å²) in [6.07, 6.45) is -1.22. The largest absolute Gasteiger partial charge is 0.480 e. The summed E-state index contributed by atoms with van der Waals surface area (Å²) in [4.78, 5) is 141. The Morgan fingerprint density at radius 1 is 0.714 bits per heavy atom. The van der Waals surface area contributed by atoms with Gasteiger partial charge >= 0.3 is 41.2 Å². The molecular formula is C41H53N15O18S3. The summed E-state index contributed by atoms with van der Waals surface area (Å²) in [5.74, 6) is -11.9. The Morgan fingerprint density at radius 2 is 1.26 bits per heavy atom. The van der Waals surface area contributed by atoms with E-state index in [2.05, 4.69) is 52.4 Å². The third kappa shape index (κ3) is 18.8. The maximum Gasteiger partial charge on any atom is 0.369 e. The van der Waals surface area contributed by atoms with E-state index in [1.54, 1.807) is 19.1 Å². The first-order chi connectivity index (χ1) is 36.3. The van der Waals surface area contributed by atoms with Crippen LogP contribution in [-0.4, -0.2) is 189 Å². The van der Waals surface area contributed by atoms with Crippen LogP contribution in [0.15, 0.2) is 57.1 Å². The molecule has 0 bridgehead atoms. The minimum Gasteiger partial charge on any atom is -0.480 e. The number of sulfone groups is 1. The maximum absolute atomic E-state index is 13.7. The van der Waals surface area contributed by atoms with Crippen LogP contribution >= 0.6 is 23.5 Å². The predicted octanol–water partition coefficient (Wildman–Crippen LogP) is -4.17. The molecule has 3 aromatic heterocycles. The molecule has 77 heavy (non-hydrogen) atoms. The molecule has 0 aliphatic rings. The monoisotopic (exact) mass is 1140 g/mol. The van der Waals surface area contributed by atoms with Gasteiger partial charge in [0, 0.05) is 31.4 Å². The number of carboxylic acids is 4. The number of methoxy groups -OCH3 is 1. The Hall–Kier alpha value is -8.25. The second-order valence-electron chi connectivity index (χ2n) is 16.3. The molecule has 4 rings (SSSR count). The highest BCUT2D eigenvalue weighted by molar-refractivity contribution is 8.00. The Morgan fingerprint density at radius 3 is 1.75 bits per heavy atom. The number of nitrogens with zero attached hydrogens (tertiary/aromatic N) is 9. The maximum atomic E-state index is 13.7. The Bertz CT molecular complexity index is 3020. The van der Waals surface area contributed by atoms with Gasteiger partial charge in [0.15, 0.2) is 9.84 Å². The molecule has 0 saturated heterocycles. The summed E-state index contributed by atoms with van der Waals surface area (Å²) in [5, 5.41) is 61.4. The van der Waals surface area contributed by atoms with E-state index in [0.717, 1.165) is 49.4 Å². The lowest BCUT2D eigenvalue weighted by Crippen LogP contribution is -2.49. The van der Waals surface area contributed by atoms with E-state index in [1.807, 2.05) is 0 Å². The molecule has 33 nitrogen and oxygen atoms in total. The molecule has 2 unspecified atom stereocenters.